The van der Waals surface area contributed by atoms with Gasteiger partial charge in [0.2, 0.25) is 5.95 Å². The van der Waals surface area contributed by atoms with Gasteiger partial charge in [-0.2, -0.15) is 10.1 Å². The fraction of sp³-hybridized carbons (Fsp3) is 0.0588. The molecule has 2 heterocycles. The van der Waals surface area contributed by atoms with Crippen molar-refractivity contribution in [2.75, 3.05) is 5.32 Å². The van der Waals surface area contributed by atoms with E-state index in [2.05, 4.69) is 37.4 Å². The van der Waals surface area contributed by atoms with Crippen LogP contribution in [0, 0.1) is 0 Å². The van der Waals surface area contributed by atoms with Crippen molar-refractivity contribution < 1.29 is 0 Å². The second-order valence-corrected chi connectivity index (χ2v) is 7.11. The highest BCUT2D eigenvalue weighted by Crippen LogP contribution is 2.36. The van der Waals surface area contributed by atoms with E-state index in [-0.39, 0.29) is 6.04 Å². The molecule has 1 N–H and O–H groups in total. The van der Waals surface area contributed by atoms with Gasteiger partial charge in [0.1, 0.15) is 12.4 Å². The van der Waals surface area contributed by atoms with E-state index in [0.29, 0.717) is 16.0 Å². The van der Waals surface area contributed by atoms with Crippen molar-refractivity contribution >= 4 is 50.8 Å². The molecule has 0 radical (unpaired) electrons. The molecule has 1 aromatic heterocycles. The van der Waals surface area contributed by atoms with Gasteiger partial charge in [-0.05, 0) is 41.5 Å². The zero-order valence-corrected chi connectivity index (χ0v) is 15.3. The minimum atomic E-state index is -0.160. The lowest BCUT2D eigenvalue weighted by Gasteiger charge is -2.25. The van der Waals surface area contributed by atoms with Crippen LogP contribution in [0.25, 0.3) is 5.70 Å². The molecule has 1 atom stereocenters. The lowest BCUT2D eigenvalue weighted by molar-refractivity contribution is 0.612. The van der Waals surface area contributed by atoms with E-state index in [1.54, 1.807) is 10.7 Å². The number of hydrogen-bond acceptors (Lipinski definition) is 3. The molecule has 0 aliphatic carbocycles. The van der Waals surface area contributed by atoms with Crippen LogP contribution >= 0.6 is 39.1 Å². The summed E-state index contributed by atoms with van der Waals surface area (Å²) in [4.78, 5) is 4.29. The van der Waals surface area contributed by atoms with Gasteiger partial charge in [0, 0.05) is 20.2 Å². The van der Waals surface area contributed by atoms with E-state index in [0.717, 1.165) is 21.3 Å². The van der Waals surface area contributed by atoms with Gasteiger partial charge in [0.25, 0.3) is 0 Å². The molecule has 1 aliphatic heterocycles. The van der Waals surface area contributed by atoms with Gasteiger partial charge in [0.15, 0.2) is 0 Å². The fourth-order valence-corrected chi connectivity index (χ4v) is 3.48. The highest BCUT2D eigenvalue weighted by atomic mass is 79.9. The molecule has 0 saturated carbocycles. The van der Waals surface area contributed by atoms with Gasteiger partial charge < -0.3 is 5.32 Å². The van der Waals surface area contributed by atoms with Crippen molar-refractivity contribution in [1.82, 2.24) is 14.8 Å². The molecule has 7 heteroatoms. The van der Waals surface area contributed by atoms with Crippen molar-refractivity contribution in [2.45, 2.75) is 6.04 Å². The van der Waals surface area contributed by atoms with Crippen LogP contribution in [-0.2, 0) is 0 Å². The van der Waals surface area contributed by atoms with E-state index < -0.39 is 0 Å². The molecule has 0 bridgehead atoms. The SMILES string of the molecule is Clc1ccc(C2C=C(c3ccc(Br)cc3)Nc3ncnn32)c(Cl)c1. The molecule has 120 valence electrons. The quantitative estimate of drug-likeness (QED) is 0.602. The number of nitrogens with one attached hydrogen (secondary N) is 1. The van der Waals surface area contributed by atoms with Gasteiger partial charge in [-0.3, -0.25) is 0 Å². The molecule has 3 aromatic rings. The number of hydrogen-bond donors (Lipinski definition) is 1. The molecule has 0 amide bonds. The van der Waals surface area contributed by atoms with E-state index in [4.69, 9.17) is 23.2 Å². The summed E-state index contributed by atoms with van der Waals surface area (Å²) in [6.45, 7) is 0. The van der Waals surface area contributed by atoms with Gasteiger partial charge in [-0.1, -0.05) is 57.3 Å². The summed E-state index contributed by atoms with van der Waals surface area (Å²) in [7, 11) is 0. The Balaban J connectivity index is 1.83. The number of benzene rings is 2. The summed E-state index contributed by atoms with van der Waals surface area (Å²) in [5.74, 6) is 0.673. The third-order valence-electron chi connectivity index (χ3n) is 3.84. The summed E-state index contributed by atoms with van der Waals surface area (Å²) in [5.41, 5.74) is 2.94. The average molecular weight is 422 g/mol. The second-order valence-electron chi connectivity index (χ2n) is 5.35. The molecular weight excluding hydrogens is 411 g/mol. The van der Waals surface area contributed by atoms with Crippen molar-refractivity contribution in [2.24, 2.45) is 0 Å². The first-order valence-corrected chi connectivity index (χ1v) is 8.76. The molecule has 24 heavy (non-hydrogen) atoms. The fourth-order valence-electron chi connectivity index (χ4n) is 2.69. The third-order valence-corrected chi connectivity index (χ3v) is 4.94. The molecular formula is C17H11BrCl2N4. The lowest BCUT2D eigenvalue weighted by Crippen LogP contribution is -2.20. The maximum absolute atomic E-state index is 6.41. The van der Waals surface area contributed by atoms with E-state index in [1.165, 1.54) is 6.33 Å². The monoisotopic (exact) mass is 420 g/mol. The first-order valence-electron chi connectivity index (χ1n) is 7.21. The third kappa shape index (κ3) is 2.83. The Bertz CT molecular complexity index is 934. The largest absolute Gasteiger partial charge is 0.324 e. The Kier molecular flexibility index (Phi) is 4.08. The van der Waals surface area contributed by atoms with Crippen LogP contribution in [0.15, 0.2) is 59.3 Å². The number of halogens is 3. The van der Waals surface area contributed by atoms with Crippen molar-refractivity contribution in [3.05, 3.63) is 80.5 Å². The van der Waals surface area contributed by atoms with Crippen molar-refractivity contribution in [3.8, 4) is 0 Å². The van der Waals surface area contributed by atoms with Crippen molar-refractivity contribution in [3.63, 3.8) is 0 Å². The lowest BCUT2D eigenvalue weighted by atomic mass is 10.0. The molecule has 0 saturated heterocycles. The minimum Gasteiger partial charge on any atom is -0.324 e. The van der Waals surface area contributed by atoms with Gasteiger partial charge >= 0.3 is 0 Å². The van der Waals surface area contributed by atoms with Crippen LogP contribution < -0.4 is 5.32 Å². The van der Waals surface area contributed by atoms with E-state index >= 15 is 0 Å². The number of anilines is 1. The normalized spacial score (nSPS) is 16.3. The highest BCUT2D eigenvalue weighted by molar-refractivity contribution is 9.10. The standard InChI is InChI=1S/C17H11BrCl2N4/c18-11-3-1-10(2-4-11)15-8-16(24-17(23-15)21-9-22-24)13-6-5-12(19)7-14(13)20/h1-9,16H,(H,21,22,23). The maximum Gasteiger partial charge on any atom is 0.226 e. The molecule has 2 aromatic carbocycles. The Hall–Kier alpha value is -1.82. The van der Waals surface area contributed by atoms with Gasteiger partial charge in [-0.15, -0.1) is 0 Å². The van der Waals surface area contributed by atoms with E-state index in [9.17, 15) is 0 Å². The van der Waals surface area contributed by atoms with E-state index in [1.807, 2.05) is 36.4 Å². The number of fused-ring (bicyclic) bond motifs is 1. The van der Waals surface area contributed by atoms with Crippen LogP contribution in [0.1, 0.15) is 17.2 Å². The first-order chi connectivity index (χ1) is 11.6. The van der Waals surface area contributed by atoms with Crippen molar-refractivity contribution in [1.29, 1.82) is 0 Å². The molecule has 0 fully saturated rings. The molecule has 1 aliphatic rings. The predicted octanol–water partition coefficient (Wildman–Crippen LogP) is 5.40. The molecule has 4 nitrogen and oxygen atoms in total. The first kappa shape index (κ1) is 15.7. The van der Waals surface area contributed by atoms with Gasteiger partial charge in [0.05, 0.1) is 0 Å². The van der Waals surface area contributed by atoms with Crippen LogP contribution in [0.4, 0.5) is 5.95 Å². The zero-order chi connectivity index (χ0) is 16.7. The topological polar surface area (TPSA) is 42.7 Å². The summed E-state index contributed by atoms with van der Waals surface area (Å²) < 4.78 is 2.83. The molecule has 4 rings (SSSR count). The second kappa shape index (κ2) is 6.24. The highest BCUT2D eigenvalue weighted by Gasteiger charge is 2.25. The molecule has 1 unspecified atom stereocenters. The summed E-state index contributed by atoms with van der Waals surface area (Å²) >= 11 is 15.9. The van der Waals surface area contributed by atoms with Crippen LogP contribution in [-0.4, -0.2) is 14.8 Å². The number of nitrogens with zero attached hydrogens (tertiary/aromatic N) is 3. The van der Waals surface area contributed by atoms with Crippen LogP contribution in [0.2, 0.25) is 10.0 Å². The van der Waals surface area contributed by atoms with Crippen LogP contribution in [0.5, 0.6) is 0 Å². The zero-order valence-electron chi connectivity index (χ0n) is 12.2. The minimum absolute atomic E-state index is 0.160. The smallest absolute Gasteiger partial charge is 0.226 e. The predicted molar refractivity (Wildman–Crippen MR) is 100 cm³/mol. The summed E-state index contributed by atoms with van der Waals surface area (Å²) in [6, 6.07) is 13.4. The van der Waals surface area contributed by atoms with Crippen LogP contribution in [0.3, 0.4) is 0 Å². The average Bonchev–Trinajstić information content (AvgIpc) is 3.03. The Morgan fingerprint density at radius 2 is 1.88 bits per heavy atom. The Morgan fingerprint density at radius 3 is 2.62 bits per heavy atom. The number of aromatic nitrogens is 3. The maximum atomic E-state index is 6.41. The summed E-state index contributed by atoms with van der Waals surface area (Å²) in [6.07, 6.45) is 3.61. The summed E-state index contributed by atoms with van der Waals surface area (Å²) in [5, 5.41) is 8.83. The Labute approximate surface area is 157 Å². The molecule has 0 spiro atoms. The Morgan fingerprint density at radius 1 is 1.08 bits per heavy atom. The van der Waals surface area contributed by atoms with Gasteiger partial charge in [-0.25, -0.2) is 4.68 Å². The number of rotatable bonds is 2. The number of allylic oxidation sites excluding steroid dienone is 1.